The molecule has 2 aromatic carbocycles. The van der Waals surface area contributed by atoms with Gasteiger partial charge in [0.25, 0.3) is 0 Å². The third kappa shape index (κ3) is 6.63. The van der Waals surface area contributed by atoms with Gasteiger partial charge in [0.15, 0.2) is 5.79 Å². The molecule has 2 unspecified atom stereocenters. The molecule has 2 atom stereocenters. The zero-order valence-corrected chi connectivity index (χ0v) is 19.7. The summed E-state index contributed by atoms with van der Waals surface area (Å²) in [7, 11) is 0. The number of amides is 2. The van der Waals surface area contributed by atoms with Gasteiger partial charge in [-0.15, -0.1) is 0 Å². The van der Waals surface area contributed by atoms with Crippen molar-refractivity contribution in [1.29, 1.82) is 0 Å². The van der Waals surface area contributed by atoms with Gasteiger partial charge in [-0.1, -0.05) is 74.5 Å². The third-order valence-corrected chi connectivity index (χ3v) is 5.71. The Kier molecular flexibility index (Phi) is 7.89. The van der Waals surface area contributed by atoms with Crippen LogP contribution >= 0.6 is 0 Å². The van der Waals surface area contributed by atoms with E-state index in [4.69, 9.17) is 9.47 Å². The first kappa shape index (κ1) is 24.9. The van der Waals surface area contributed by atoms with Crippen LogP contribution in [0.1, 0.15) is 51.3 Å². The molecule has 178 valence electrons. The molecule has 0 bridgehead atoms. The minimum atomic E-state index is -1.26. The molecule has 0 radical (unpaired) electrons. The molecule has 7 nitrogen and oxygen atoms in total. The van der Waals surface area contributed by atoms with Crippen molar-refractivity contribution < 1.29 is 24.2 Å². The van der Waals surface area contributed by atoms with E-state index in [1.807, 2.05) is 74.5 Å². The number of carbonyl (C=O) groups is 2. The molecule has 33 heavy (non-hydrogen) atoms. The summed E-state index contributed by atoms with van der Waals surface area (Å²) in [5, 5.41) is 16.2. The van der Waals surface area contributed by atoms with Crippen molar-refractivity contribution in [2.24, 2.45) is 5.41 Å². The van der Waals surface area contributed by atoms with Crippen LogP contribution in [-0.4, -0.2) is 48.1 Å². The van der Waals surface area contributed by atoms with Crippen LogP contribution in [-0.2, 0) is 19.1 Å². The number of ether oxygens (including phenoxy) is 2. The molecule has 2 aromatic rings. The van der Waals surface area contributed by atoms with Crippen LogP contribution < -0.4 is 10.6 Å². The number of nitrogens with one attached hydrogen (secondary N) is 2. The lowest BCUT2D eigenvalue weighted by atomic mass is 9.85. The molecule has 1 saturated heterocycles. The summed E-state index contributed by atoms with van der Waals surface area (Å²) >= 11 is 0. The molecule has 1 fully saturated rings. The summed E-state index contributed by atoms with van der Waals surface area (Å²) in [5.41, 5.74) is 1.34. The van der Waals surface area contributed by atoms with Crippen molar-refractivity contribution in [2.45, 2.75) is 58.2 Å². The van der Waals surface area contributed by atoms with Crippen molar-refractivity contribution in [3.05, 3.63) is 71.8 Å². The third-order valence-electron chi connectivity index (χ3n) is 5.71. The molecular weight excluding hydrogens is 420 g/mol. The number of rotatable bonds is 8. The number of benzene rings is 2. The van der Waals surface area contributed by atoms with Crippen LogP contribution in [0.3, 0.4) is 0 Å². The SMILES string of the molecule is CC1(C)OCC(C)(C)C(C(=O)NCCC(O)C(=O)NC(c2ccccc2)c2ccccc2)O1. The fourth-order valence-corrected chi connectivity index (χ4v) is 3.77. The monoisotopic (exact) mass is 454 g/mol. The quantitative estimate of drug-likeness (QED) is 0.570. The van der Waals surface area contributed by atoms with Crippen LogP contribution in [0.5, 0.6) is 0 Å². The number of aliphatic hydroxyl groups is 1. The molecule has 3 N–H and O–H groups in total. The van der Waals surface area contributed by atoms with E-state index in [0.29, 0.717) is 6.61 Å². The Balaban J connectivity index is 1.57. The van der Waals surface area contributed by atoms with Crippen LogP contribution in [0.15, 0.2) is 60.7 Å². The number of hydrogen-bond acceptors (Lipinski definition) is 5. The van der Waals surface area contributed by atoms with E-state index in [1.54, 1.807) is 13.8 Å². The van der Waals surface area contributed by atoms with Gasteiger partial charge in [-0.3, -0.25) is 9.59 Å². The average Bonchev–Trinajstić information content (AvgIpc) is 2.80. The summed E-state index contributed by atoms with van der Waals surface area (Å²) in [6.07, 6.45) is -1.87. The van der Waals surface area contributed by atoms with Gasteiger partial charge >= 0.3 is 0 Å². The highest BCUT2D eigenvalue weighted by Crippen LogP contribution is 2.34. The van der Waals surface area contributed by atoms with Gasteiger partial charge in [0, 0.05) is 12.0 Å². The molecule has 1 aliphatic heterocycles. The van der Waals surface area contributed by atoms with Gasteiger partial charge in [0.1, 0.15) is 12.2 Å². The Bertz CT molecular complexity index is 891. The Morgan fingerprint density at radius 2 is 1.55 bits per heavy atom. The zero-order chi connectivity index (χ0) is 24.1. The summed E-state index contributed by atoms with van der Waals surface area (Å²) in [6.45, 7) is 7.89. The van der Waals surface area contributed by atoms with Gasteiger partial charge in [-0.2, -0.15) is 0 Å². The highest BCUT2D eigenvalue weighted by atomic mass is 16.7. The van der Waals surface area contributed by atoms with E-state index in [-0.39, 0.29) is 24.9 Å². The Morgan fingerprint density at radius 1 is 1.00 bits per heavy atom. The summed E-state index contributed by atoms with van der Waals surface area (Å²) in [4.78, 5) is 25.5. The Labute approximate surface area is 195 Å². The molecular formula is C26H34N2O5. The van der Waals surface area contributed by atoms with Gasteiger partial charge in [-0.05, 0) is 31.4 Å². The van der Waals surface area contributed by atoms with Crippen molar-refractivity contribution in [3.8, 4) is 0 Å². The van der Waals surface area contributed by atoms with E-state index in [9.17, 15) is 14.7 Å². The van der Waals surface area contributed by atoms with Crippen LogP contribution in [0.2, 0.25) is 0 Å². The molecule has 0 spiro atoms. The maximum absolute atomic E-state index is 12.8. The fourth-order valence-electron chi connectivity index (χ4n) is 3.77. The maximum atomic E-state index is 12.8. The van der Waals surface area contributed by atoms with Crippen LogP contribution in [0.25, 0.3) is 0 Å². The van der Waals surface area contributed by atoms with Gasteiger partial charge in [0.05, 0.1) is 12.6 Å². The second kappa shape index (κ2) is 10.5. The van der Waals surface area contributed by atoms with E-state index in [1.165, 1.54) is 0 Å². The summed E-state index contributed by atoms with van der Waals surface area (Å²) in [5.74, 6) is -1.62. The lowest BCUT2D eigenvalue weighted by molar-refractivity contribution is -0.304. The predicted octanol–water partition coefficient (Wildman–Crippen LogP) is 2.94. The summed E-state index contributed by atoms with van der Waals surface area (Å²) < 4.78 is 11.5. The first-order chi connectivity index (χ1) is 15.6. The second-order valence-electron chi connectivity index (χ2n) is 9.53. The number of aliphatic hydroxyl groups excluding tert-OH is 1. The van der Waals surface area contributed by atoms with Crippen molar-refractivity contribution in [2.75, 3.05) is 13.2 Å². The van der Waals surface area contributed by atoms with Gasteiger partial charge in [0.2, 0.25) is 11.8 Å². The minimum absolute atomic E-state index is 0.0842. The van der Waals surface area contributed by atoms with Gasteiger partial charge < -0.3 is 25.2 Å². The molecule has 1 aliphatic rings. The van der Waals surface area contributed by atoms with Crippen molar-refractivity contribution in [3.63, 3.8) is 0 Å². The summed E-state index contributed by atoms with van der Waals surface area (Å²) in [6, 6.07) is 18.8. The molecule has 3 rings (SSSR count). The molecule has 1 heterocycles. The van der Waals surface area contributed by atoms with E-state index in [2.05, 4.69) is 10.6 Å². The molecule has 0 saturated carbocycles. The number of hydrogen-bond donors (Lipinski definition) is 3. The standard InChI is InChI=1S/C26H34N2O5/c1-25(2)17-32-26(3,4)33-22(25)24(31)27-16-15-20(29)23(30)28-21(18-11-7-5-8-12-18)19-13-9-6-10-14-19/h5-14,20-22,29H,15-17H2,1-4H3,(H,27,31)(H,28,30). The first-order valence-electron chi connectivity index (χ1n) is 11.3. The average molecular weight is 455 g/mol. The Hall–Kier alpha value is -2.74. The predicted molar refractivity (Wildman–Crippen MR) is 125 cm³/mol. The smallest absolute Gasteiger partial charge is 0.249 e. The van der Waals surface area contributed by atoms with Gasteiger partial charge in [-0.25, -0.2) is 0 Å². The topological polar surface area (TPSA) is 96.9 Å². The lowest BCUT2D eigenvalue weighted by Crippen LogP contribution is -2.56. The lowest BCUT2D eigenvalue weighted by Gasteiger charge is -2.44. The largest absolute Gasteiger partial charge is 0.383 e. The van der Waals surface area contributed by atoms with Crippen LogP contribution in [0, 0.1) is 5.41 Å². The van der Waals surface area contributed by atoms with E-state index >= 15 is 0 Å². The normalized spacial score (nSPS) is 20.1. The number of carbonyl (C=O) groups excluding carboxylic acids is 2. The highest BCUT2D eigenvalue weighted by Gasteiger charge is 2.45. The molecule has 0 aliphatic carbocycles. The molecule has 7 heteroatoms. The molecule has 0 aromatic heterocycles. The van der Waals surface area contributed by atoms with Crippen molar-refractivity contribution >= 4 is 11.8 Å². The highest BCUT2D eigenvalue weighted by molar-refractivity contribution is 5.83. The zero-order valence-electron chi connectivity index (χ0n) is 19.7. The Morgan fingerprint density at radius 3 is 2.09 bits per heavy atom. The van der Waals surface area contributed by atoms with E-state index in [0.717, 1.165) is 11.1 Å². The van der Waals surface area contributed by atoms with Crippen molar-refractivity contribution in [1.82, 2.24) is 10.6 Å². The molecule has 2 amide bonds. The fraction of sp³-hybridized carbons (Fsp3) is 0.462. The minimum Gasteiger partial charge on any atom is -0.383 e. The second-order valence-corrected chi connectivity index (χ2v) is 9.53. The van der Waals surface area contributed by atoms with Crippen LogP contribution in [0.4, 0.5) is 0 Å². The maximum Gasteiger partial charge on any atom is 0.249 e. The first-order valence-corrected chi connectivity index (χ1v) is 11.3. The van der Waals surface area contributed by atoms with E-state index < -0.39 is 29.3 Å².